The summed E-state index contributed by atoms with van der Waals surface area (Å²) in [6, 6.07) is 0.0563. The molecule has 2 atom stereocenters. The van der Waals surface area contributed by atoms with Crippen LogP contribution in [0.5, 0.6) is 0 Å². The molecule has 1 aliphatic rings. The van der Waals surface area contributed by atoms with Crippen LogP contribution in [0.3, 0.4) is 0 Å². The smallest absolute Gasteiger partial charge is 0.327 e. The lowest BCUT2D eigenvalue weighted by Gasteiger charge is -2.11. The number of rotatable bonds is 2. The first-order valence-corrected chi connectivity index (χ1v) is 6.10. The first-order valence-electron chi connectivity index (χ1n) is 5.22. The Morgan fingerprint density at radius 3 is 2.75 bits per heavy atom. The highest BCUT2D eigenvalue weighted by Gasteiger charge is 2.31. The lowest BCUT2D eigenvalue weighted by Crippen LogP contribution is -2.23. The highest BCUT2D eigenvalue weighted by molar-refractivity contribution is 7.09. The fraction of sp³-hybridized carbons (Fsp3) is 0.700. The summed E-state index contributed by atoms with van der Waals surface area (Å²) in [5.74, 6) is 0.151. The number of nitrogens with two attached hydrogens (primary N) is 1. The second-order valence-corrected chi connectivity index (χ2v) is 5.10. The summed E-state index contributed by atoms with van der Waals surface area (Å²) in [4.78, 5) is 4.05. The van der Waals surface area contributed by atoms with Crippen LogP contribution in [-0.2, 0) is 6.42 Å². The molecule has 0 bridgehead atoms. The maximum Gasteiger partial charge on any atom is 0.395 e. The highest BCUT2D eigenvalue weighted by atomic mass is 32.1. The molecule has 2 nitrogen and oxygen atoms in total. The van der Waals surface area contributed by atoms with Crippen LogP contribution in [-0.4, -0.2) is 17.2 Å². The largest absolute Gasteiger partial charge is 0.395 e. The van der Waals surface area contributed by atoms with Crippen molar-refractivity contribution in [2.45, 2.75) is 43.8 Å². The van der Waals surface area contributed by atoms with Gasteiger partial charge >= 0.3 is 6.18 Å². The van der Waals surface area contributed by atoms with Crippen molar-refractivity contribution < 1.29 is 13.2 Å². The van der Waals surface area contributed by atoms with E-state index >= 15 is 0 Å². The monoisotopic (exact) mass is 250 g/mol. The summed E-state index contributed by atoms with van der Waals surface area (Å²) in [6.07, 6.45) is -2.18. The van der Waals surface area contributed by atoms with Crippen LogP contribution in [0.25, 0.3) is 0 Å². The van der Waals surface area contributed by atoms with Gasteiger partial charge in [0.15, 0.2) is 0 Å². The molecule has 16 heavy (non-hydrogen) atoms. The van der Waals surface area contributed by atoms with Crippen LogP contribution in [0.1, 0.15) is 35.9 Å². The van der Waals surface area contributed by atoms with Crippen molar-refractivity contribution in [3.63, 3.8) is 0 Å². The summed E-state index contributed by atoms with van der Waals surface area (Å²) in [7, 11) is 0. The third kappa shape index (κ3) is 2.74. The van der Waals surface area contributed by atoms with Crippen LogP contribution in [0.4, 0.5) is 13.2 Å². The van der Waals surface area contributed by atoms with Gasteiger partial charge in [-0.3, -0.25) is 0 Å². The van der Waals surface area contributed by atoms with Gasteiger partial charge in [-0.2, -0.15) is 13.2 Å². The SMILES string of the molecule is NC1CCCC1c1csc(CC(F)(F)F)n1. The van der Waals surface area contributed by atoms with Gasteiger partial charge in [0.25, 0.3) is 0 Å². The minimum Gasteiger partial charge on any atom is -0.327 e. The van der Waals surface area contributed by atoms with Crippen molar-refractivity contribution in [1.82, 2.24) is 4.98 Å². The molecule has 1 heterocycles. The van der Waals surface area contributed by atoms with E-state index in [4.69, 9.17) is 5.73 Å². The minimum atomic E-state index is -4.17. The lowest BCUT2D eigenvalue weighted by atomic mass is 10.0. The summed E-state index contributed by atoms with van der Waals surface area (Å²) in [5, 5.41) is 1.86. The predicted molar refractivity (Wildman–Crippen MR) is 56.4 cm³/mol. The van der Waals surface area contributed by atoms with E-state index < -0.39 is 12.6 Å². The highest BCUT2D eigenvalue weighted by Crippen LogP contribution is 2.34. The molecule has 0 radical (unpaired) electrons. The zero-order valence-electron chi connectivity index (χ0n) is 8.63. The standard InChI is InChI=1S/C10H13F3N2S/c11-10(12,13)4-9-15-8(5-16-9)6-2-1-3-7(6)14/h5-7H,1-4,14H2. The zero-order valence-corrected chi connectivity index (χ0v) is 9.44. The van der Waals surface area contributed by atoms with Gasteiger partial charge < -0.3 is 5.73 Å². The van der Waals surface area contributed by atoms with Crippen LogP contribution >= 0.6 is 11.3 Å². The average molecular weight is 250 g/mol. The number of nitrogens with zero attached hydrogens (tertiary/aromatic N) is 1. The van der Waals surface area contributed by atoms with Gasteiger partial charge in [-0.05, 0) is 12.8 Å². The van der Waals surface area contributed by atoms with Crippen molar-refractivity contribution in [3.05, 3.63) is 16.1 Å². The Morgan fingerprint density at radius 1 is 1.44 bits per heavy atom. The molecule has 2 unspecified atom stereocenters. The third-order valence-corrected chi connectivity index (χ3v) is 3.74. The number of thiazole rings is 1. The van der Waals surface area contributed by atoms with Crippen molar-refractivity contribution >= 4 is 11.3 Å². The third-order valence-electron chi connectivity index (χ3n) is 2.87. The van der Waals surface area contributed by atoms with Crippen LogP contribution in [0, 0.1) is 0 Å². The van der Waals surface area contributed by atoms with Gasteiger partial charge in [0.05, 0.1) is 12.1 Å². The van der Waals surface area contributed by atoms with E-state index in [0.717, 1.165) is 36.3 Å². The number of hydrogen-bond donors (Lipinski definition) is 1. The molecule has 0 aliphatic heterocycles. The Labute approximate surface area is 95.7 Å². The molecular formula is C10H13F3N2S. The summed E-state index contributed by atoms with van der Waals surface area (Å²) in [6.45, 7) is 0. The van der Waals surface area contributed by atoms with Gasteiger partial charge in [0, 0.05) is 17.3 Å². The molecule has 90 valence electrons. The van der Waals surface area contributed by atoms with E-state index in [-0.39, 0.29) is 17.0 Å². The minimum absolute atomic E-state index is 0.0563. The maximum absolute atomic E-state index is 12.1. The fourth-order valence-corrected chi connectivity index (χ4v) is 2.99. The molecule has 1 aliphatic carbocycles. The molecule has 1 saturated carbocycles. The van der Waals surface area contributed by atoms with Gasteiger partial charge in [-0.25, -0.2) is 4.98 Å². The first kappa shape index (κ1) is 11.9. The van der Waals surface area contributed by atoms with Gasteiger partial charge in [0.2, 0.25) is 0 Å². The Morgan fingerprint density at radius 2 is 2.19 bits per heavy atom. The van der Waals surface area contributed by atoms with E-state index in [1.807, 2.05) is 0 Å². The predicted octanol–water partition coefficient (Wildman–Crippen LogP) is 2.84. The Kier molecular flexibility index (Phi) is 3.21. The summed E-state index contributed by atoms with van der Waals surface area (Å²) < 4.78 is 36.4. The number of aromatic nitrogens is 1. The second kappa shape index (κ2) is 4.33. The zero-order chi connectivity index (χ0) is 11.8. The average Bonchev–Trinajstić information content (AvgIpc) is 2.71. The van der Waals surface area contributed by atoms with E-state index in [0.29, 0.717) is 0 Å². The van der Waals surface area contributed by atoms with Crippen LogP contribution < -0.4 is 5.73 Å². The van der Waals surface area contributed by atoms with E-state index in [9.17, 15) is 13.2 Å². The topological polar surface area (TPSA) is 38.9 Å². The van der Waals surface area contributed by atoms with Crippen molar-refractivity contribution in [3.8, 4) is 0 Å². The van der Waals surface area contributed by atoms with Crippen LogP contribution in [0.15, 0.2) is 5.38 Å². The van der Waals surface area contributed by atoms with Crippen molar-refractivity contribution in [2.75, 3.05) is 0 Å². The van der Waals surface area contributed by atoms with E-state index in [1.165, 1.54) is 0 Å². The van der Waals surface area contributed by atoms with Crippen molar-refractivity contribution in [1.29, 1.82) is 0 Å². The normalized spacial score (nSPS) is 26.2. The summed E-state index contributed by atoms with van der Waals surface area (Å²) in [5.41, 5.74) is 6.63. The number of hydrogen-bond acceptors (Lipinski definition) is 3. The maximum atomic E-state index is 12.1. The molecule has 2 N–H and O–H groups in total. The molecule has 0 spiro atoms. The Balaban J connectivity index is 2.07. The van der Waals surface area contributed by atoms with Crippen LogP contribution in [0.2, 0.25) is 0 Å². The molecule has 0 aromatic carbocycles. The molecule has 1 fully saturated rings. The molecular weight excluding hydrogens is 237 g/mol. The van der Waals surface area contributed by atoms with Crippen molar-refractivity contribution in [2.24, 2.45) is 5.73 Å². The van der Waals surface area contributed by atoms with Gasteiger partial charge in [-0.15, -0.1) is 11.3 Å². The molecule has 2 rings (SSSR count). The fourth-order valence-electron chi connectivity index (χ4n) is 2.10. The number of halogens is 3. The van der Waals surface area contributed by atoms with E-state index in [1.54, 1.807) is 5.38 Å². The quantitative estimate of drug-likeness (QED) is 0.876. The first-order chi connectivity index (χ1) is 7.46. The van der Waals surface area contributed by atoms with Gasteiger partial charge in [-0.1, -0.05) is 6.42 Å². The second-order valence-electron chi connectivity index (χ2n) is 4.16. The van der Waals surface area contributed by atoms with E-state index in [2.05, 4.69) is 4.98 Å². The molecule has 1 aromatic heterocycles. The Bertz CT molecular complexity index is 361. The Hall–Kier alpha value is -0.620. The van der Waals surface area contributed by atoms with Gasteiger partial charge in [0.1, 0.15) is 5.01 Å². The lowest BCUT2D eigenvalue weighted by molar-refractivity contribution is -0.127. The molecule has 0 saturated heterocycles. The molecule has 6 heteroatoms. The molecule has 0 amide bonds. The molecule has 1 aromatic rings. The summed E-state index contributed by atoms with van der Waals surface area (Å²) >= 11 is 1.08. The number of alkyl halides is 3.